The first-order valence-electron chi connectivity index (χ1n) is 5.12. The van der Waals surface area contributed by atoms with Crippen LogP contribution < -0.4 is 5.73 Å². The highest BCUT2D eigenvalue weighted by Crippen LogP contribution is 2.17. The maximum Gasteiger partial charge on any atom is 0.129 e. The summed E-state index contributed by atoms with van der Waals surface area (Å²) in [6.45, 7) is 0. The first-order valence-corrected chi connectivity index (χ1v) is 5.12. The normalized spacial score (nSPS) is 12.4. The van der Waals surface area contributed by atoms with E-state index in [9.17, 15) is 8.78 Å². The summed E-state index contributed by atoms with van der Waals surface area (Å²) in [4.78, 5) is 7.76. The number of hydrogen-bond donors (Lipinski definition) is 1. The van der Waals surface area contributed by atoms with Crippen LogP contribution in [0, 0.1) is 11.6 Å². The van der Waals surface area contributed by atoms with Crippen molar-refractivity contribution in [3.8, 4) is 0 Å². The van der Waals surface area contributed by atoms with Crippen molar-refractivity contribution in [2.24, 2.45) is 5.73 Å². The van der Waals surface area contributed by atoms with E-state index in [0.717, 1.165) is 6.07 Å². The lowest BCUT2D eigenvalue weighted by Gasteiger charge is -2.11. The van der Waals surface area contributed by atoms with Crippen molar-refractivity contribution in [2.45, 2.75) is 12.5 Å². The summed E-state index contributed by atoms with van der Waals surface area (Å²) in [5.41, 5.74) is 6.88. The lowest BCUT2D eigenvalue weighted by atomic mass is 10.0. The molecule has 0 spiro atoms. The van der Waals surface area contributed by atoms with E-state index in [2.05, 4.69) is 9.97 Å². The summed E-state index contributed by atoms with van der Waals surface area (Å²) in [7, 11) is 0. The lowest BCUT2D eigenvalue weighted by molar-refractivity contribution is 0.561. The average molecular weight is 235 g/mol. The molecule has 1 unspecified atom stereocenters. The minimum Gasteiger partial charge on any atom is -0.322 e. The van der Waals surface area contributed by atoms with Crippen LogP contribution in [0.2, 0.25) is 0 Å². The Morgan fingerprint density at radius 3 is 2.71 bits per heavy atom. The molecule has 1 aromatic carbocycles. The minimum atomic E-state index is -0.596. The van der Waals surface area contributed by atoms with Crippen molar-refractivity contribution in [2.75, 3.05) is 0 Å². The van der Waals surface area contributed by atoms with Gasteiger partial charge in [0.15, 0.2) is 0 Å². The van der Waals surface area contributed by atoms with Gasteiger partial charge >= 0.3 is 0 Å². The molecule has 5 heteroatoms. The van der Waals surface area contributed by atoms with E-state index in [-0.39, 0.29) is 6.42 Å². The SMILES string of the molecule is NC(Cc1ccc(F)cc1F)c1ccncn1. The molecule has 0 bridgehead atoms. The summed E-state index contributed by atoms with van der Waals surface area (Å²) in [5.74, 6) is -1.18. The molecule has 0 aliphatic rings. The molecule has 0 saturated heterocycles. The molecule has 2 rings (SSSR count). The predicted octanol–water partition coefficient (Wildman–Crippen LogP) is 2.00. The van der Waals surface area contributed by atoms with Gasteiger partial charge in [-0.2, -0.15) is 0 Å². The molecule has 2 N–H and O–H groups in total. The predicted molar refractivity (Wildman–Crippen MR) is 59.0 cm³/mol. The van der Waals surface area contributed by atoms with E-state index in [4.69, 9.17) is 5.73 Å². The zero-order chi connectivity index (χ0) is 12.3. The highest BCUT2D eigenvalue weighted by molar-refractivity contribution is 5.21. The first kappa shape index (κ1) is 11.6. The van der Waals surface area contributed by atoms with Crippen LogP contribution in [0.1, 0.15) is 17.3 Å². The van der Waals surface area contributed by atoms with E-state index in [1.54, 1.807) is 12.3 Å². The van der Waals surface area contributed by atoms with Gasteiger partial charge in [-0.05, 0) is 24.1 Å². The number of aromatic nitrogens is 2. The smallest absolute Gasteiger partial charge is 0.129 e. The quantitative estimate of drug-likeness (QED) is 0.885. The van der Waals surface area contributed by atoms with Crippen molar-refractivity contribution in [3.05, 3.63) is 59.7 Å². The Hall–Kier alpha value is -1.88. The molecule has 0 aliphatic carbocycles. The number of nitrogens with two attached hydrogens (primary N) is 1. The molecule has 88 valence electrons. The topological polar surface area (TPSA) is 51.8 Å². The van der Waals surface area contributed by atoms with Gasteiger partial charge in [-0.3, -0.25) is 0 Å². The number of nitrogens with zero attached hydrogens (tertiary/aromatic N) is 2. The third-order valence-corrected chi connectivity index (χ3v) is 2.44. The minimum absolute atomic E-state index is 0.267. The van der Waals surface area contributed by atoms with Gasteiger partial charge in [0, 0.05) is 12.3 Å². The molecule has 1 heterocycles. The van der Waals surface area contributed by atoms with Crippen LogP contribution in [0.5, 0.6) is 0 Å². The fraction of sp³-hybridized carbons (Fsp3) is 0.167. The van der Waals surface area contributed by atoms with Crippen molar-refractivity contribution in [3.63, 3.8) is 0 Å². The van der Waals surface area contributed by atoms with Crippen molar-refractivity contribution < 1.29 is 8.78 Å². The number of rotatable bonds is 3. The van der Waals surface area contributed by atoms with E-state index in [0.29, 0.717) is 11.3 Å². The Morgan fingerprint density at radius 1 is 1.24 bits per heavy atom. The summed E-state index contributed by atoms with van der Waals surface area (Å²) in [6.07, 6.45) is 3.22. The number of hydrogen-bond acceptors (Lipinski definition) is 3. The molecule has 0 amide bonds. The summed E-state index contributed by atoms with van der Waals surface area (Å²) in [6, 6.07) is 4.70. The zero-order valence-corrected chi connectivity index (χ0v) is 8.98. The molecule has 0 radical (unpaired) electrons. The monoisotopic (exact) mass is 235 g/mol. The van der Waals surface area contributed by atoms with E-state index in [1.165, 1.54) is 18.5 Å². The average Bonchev–Trinajstić information content (AvgIpc) is 2.34. The highest BCUT2D eigenvalue weighted by Gasteiger charge is 2.11. The third kappa shape index (κ3) is 2.82. The molecule has 0 fully saturated rings. The summed E-state index contributed by atoms with van der Waals surface area (Å²) in [5, 5.41) is 0. The van der Waals surface area contributed by atoms with Gasteiger partial charge < -0.3 is 5.73 Å². The van der Waals surface area contributed by atoms with Crippen LogP contribution in [0.25, 0.3) is 0 Å². The summed E-state index contributed by atoms with van der Waals surface area (Å²) >= 11 is 0. The van der Waals surface area contributed by atoms with Crippen LogP contribution in [-0.4, -0.2) is 9.97 Å². The van der Waals surface area contributed by atoms with Gasteiger partial charge in [-0.25, -0.2) is 18.7 Å². The zero-order valence-electron chi connectivity index (χ0n) is 8.98. The fourth-order valence-electron chi connectivity index (χ4n) is 1.55. The molecule has 2 aromatic rings. The maximum absolute atomic E-state index is 13.4. The van der Waals surface area contributed by atoms with E-state index < -0.39 is 17.7 Å². The molecular formula is C12H11F2N3. The number of benzene rings is 1. The fourth-order valence-corrected chi connectivity index (χ4v) is 1.55. The summed E-state index contributed by atoms with van der Waals surface area (Å²) < 4.78 is 26.1. The van der Waals surface area contributed by atoms with Crippen LogP contribution in [0.4, 0.5) is 8.78 Å². The van der Waals surface area contributed by atoms with E-state index in [1.807, 2.05) is 0 Å². The largest absolute Gasteiger partial charge is 0.322 e. The second kappa shape index (κ2) is 4.97. The maximum atomic E-state index is 13.4. The Balaban J connectivity index is 2.16. The molecule has 0 saturated carbocycles. The standard InChI is InChI=1S/C12H11F2N3/c13-9-2-1-8(10(14)6-9)5-11(15)12-3-4-16-7-17-12/h1-4,6-7,11H,5,15H2. The van der Waals surface area contributed by atoms with Gasteiger partial charge in [-0.1, -0.05) is 6.07 Å². The molecule has 17 heavy (non-hydrogen) atoms. The van der Waals surface area contributed by atoms with E-state index >= 15 is 0 Å². The van der Waals surface area contributed by atoms with Crippen molar-refractivity contribution in [1.82, 2.24) is 9.97 Å². The second-order valence-corrected chi connectivity index (χ2v) is 3.68. The Kier molecular flexibility index (Phi) is 3.39. The molecule has 1 atom stereocenters. The van der Waals surface area contributed by atoms with Gasteiger partial charge in [0.1, 0.15) is 18.0 Å². The Morgan fingerprint density at radius 2 is 2.06 bits per heavy atom. The van der Waals surface area contributed by atoms with Gasteiger partial charge in [0.25, 0.3) is 0 Å². The highest BCUT2D eigenvalue weighted by atomic mass is 19.1. The second-order valence-electron chi connectivity index (χ2n) is 3.68. The Labute approximate surface area is 97.3 Å². The van der Waals surface area contributed by atoms with Crippen molar-refractivity contribution in [1.29, 1.82) is 0 Å². The van der Waals surface area contributed by atoms with Crippen LogP contribution in [0.15, 0.2) is 36.8 Å². The van der Waals surface area contributed by atoms with Crippen LogP contribution in [0.3, 0.4) is 0 Å². The molecule has 1 aromatic heterocycles. The van der Waals surface area contributed by atoms with Gasteiger partial charge in [0.05, 0.1) is 11.7 Å². The van der Waals surface area contributed by atoms with Crippen LogP contribution >= 0.6 is 0 Å². The Bertz CT molecular complexity index is 502. The molecular weight excluding hydrogens is 224 g/mol. The van der Waals surface area contributed by atoms with Crippen LogP contribution in [-0.2, 0) is 6.42 Å². The first-order chi connectivity index (χ1) is 8.16. The lowest BCUT2D eigenvalue weighted by Crippen LogP contribution is -2.15. The van der Waals surface area contributed by atoms with Crippen molar-refractivity contribution >= 4 is 0 Å². The third-order valence-electron chi connectivity index (χ3n) is 2.44. The molecule has 3 nitrogen and oxygen atoms in total. The molecule has 0 aliphatic heterocycles. The van der Waals surface area contributed by atoms with Gasteiger partial charge in [-0.15, -0.1) is 0 Å². The van der Waals surface area contributed by atoms with Gasteiger partial charge in [0.2, 0.25) is 0 Å². The number of halogens is 2.